The normalized spacial score (nSPS) is 18.1. The molecule has 92 valence electrons. The van der Waals surface area contributed by atoms with Gasteiger partial charge in [-0.05, 0) is 18.6 Å². The van der Waals surface area contributed by atoms with Crippen molar-refractivity contribution < 1.29 is 4.79 Å². The summed E-state index contributed by atoms with van der Waals surface area (Å²) >= 11 is 0. The summed E-state index contributed by atoms with van der Waals surface area (Å²) in [5, 5.41) is 3.05. The maximum absolute atomic E-state index is 12.0. The summed E-state index contributed by atoms with van der Waals surface area (Å²) in [6.07, 6.45) is 8.73. The van der Waals surface area contributed by atoms with Gasteiger partial charge < -0.3 is 9.88 Å². The molecule has 5 heteroatoms. The van der Waals surface area contributed by atoms with Gasteiger partial charge in [-0.3, -0.25) is 9.78 Å². The lowest BCUT2D eigenvalue weighted by Crippen LogP contribution is -2.39. The first kappa shape index (κ1) is 11.0. The van der Waals surface area contributed by atoms with Gasteiger partial charge in [0.05, 0.1) is 11.9 Å². The van der Waals surface area contributed by atoms with Crippen LogP contribution in [0.3, 0.4) is 0 Å². The standard InChI is InChI=1S/C13H14N4O/c18-13(10-2-1-4-14-7-10)16-11-3-5-17-9-15-8-12(17)6-11/h1-2,4,7-9,11H,3,5-6H2,(H,16,18). The highest BCUT2D eigenvalue weighted by Crippen LogP contribution is 2.14. The number of aryl methyl sites for hydroxylation is 1. The summed E-state index contributed by atoms with van der Waals surface area (Å²) in [4.78, 5) is 20.1. The van der Waals surface area contributed by atoms with E-state index in [1.54, 1.807) is 24.5 Å². The Morgan fingerprint density at radius 1 is 1.39 bits per heavy atom. The molecule has 0 fully saturated rings. The van der Waals surface area contributed by atoms with Crippen molar-refractivity contribution in [2.45, 2.75) is 25.4 Å². The smallest absolute Gasteiger partial charge is 0.253 e. The number of amides is 1. The number of pyridine rings is 1. The molecule has 18 heavy (non-hydrogen) atoms. The van der Waals surface area contributed by atoms with Crippen molar-refractivity contribution in [2.75, 3.05) is 0 Å². The highest BCUT2D eigenvalue weighted by molar-refractivity contribution is 5.94. The van der Waals surface area contributed by atoms with Crippen LogP contribution in [0.5, 0.6) is 0 Å². The van der Waals surface area contributed by atoms with Crippen molar-refractivity contribution in [1.29, 1.82) is 0 Å². The Balaban J connectivity index is 1.67. The van der Waals surface area contributed by atoms with Gasteiger partial charge in [-0.25, -0.2) is 4.98 Å². The Bertz CT molecular complexity index is 549. The summed E-state index contributed by atoms with van der Waals surface area (Å²) in [6.45, 7) is 0.910. The van der Waals surface area contributed by atoms with Crippen LogP contribution >= 0.6 is 0 Å². The van der Waals surface area contributed by atoms with Crippen LogP contribution < -0.4 is 5.32 Å². The molecule has 0 aliphatic carbocycles. The second-order valence-corrected chi connectivity index (χ2v) is 4.48. The quantitative estimate of drug-likeness (QED) is 0.855. The third kappa shape index (κ3) is 2.11. The van der Waals surface area contributed by atoms with Crippen molar-refractivity contribution in [3.63, 3.8) is 0 Å². The minimum atomic E-state index is -0.0546. The van der Waals surface area contributed by atoms with Crippen molar-refractivity contribution in [3.05, 3.63) is 48.3 Å². The molecule has 0 saturated carbocycles. The largest absolute Gasteiger partial charge is 0.349 e. The molecule has 2 aromatic heterocycles. The van der Waals surface area contributed by atoms with Gasteiger partial charge in [0.2, 0.25) is 0 Å². The lowest BCUT2D eigenvalue weighted by atomic mass is 10.0. The van der Waals surface area contributed by atoms with Crippen molar-refractivity contribution >= 4 is 5.91 Å². The fourth-order valence-corrected chi connectivity index (χ4v) is 2.26. The first-order valence-corrected chi connectivity index (χ1v) is 6.03. The number of aromatic nitrogens is 3. The predicted molar refractivity (Wildman–Crippen MR) is 66.0 cm³/mol. The first-order chi connectivity index (χ1) is 8.83. The predicted octanol–water partition coefficient (Wildman–Crippen LogP) is 1.02. The van der Waals surface area contributed by atoms with Gasteiger partial charge in [0.1, 0.15) is 0 Å². The lowest BCUT2D eigenvalue weighted by molar-refractivity contribution is 0.0930. The summed E-state index contributed by atoms with van der Waals surface area (Å²) in [7, 11) is 0. The van der Waals surface area contributed by atoms with Crippen LogP contribution in [0.4, 0.5) is 0 Å². The molecule has 1 atom stereocenters. The van der Waals surface area contributed by atoms with Gasteiger partial charge in [-0.2, -0.15) is 0 Å². The fourth-order valence-electron chi connectivity index (χ4n) is 2.26. The molecule has 0 spiro atoms. The van der Waals surface area contributed by atoms with Gasteiger partial charge in [0.25, 0.3) is 5.91 Å². The highest BCUT2D eigenvalue weighted by Gasteiger charge is 2.20. The number of fused-ring (bicyclic) bond motifs is 1. The van der Waals surface area contributed by atoms with E-state index >= 15 is 0 Å². The molecule has 1 unspecified atom stereocenters. The zero-order valence-electron chi connectivity index (χ0n) is 9.91. The second-order valence-electron chi connectivity index (χ2n) is 4.48. The van der Waals surface area contributed by atoms with Crippen molar-refractivity contribution in [3.8, 4) is 0 Å². The average Bonchev–Trinajstić information content (AvgIpc) is 2.87. The summed E-state index contributed by atoms with van der Waals surface area (Å²) in [5.41, 5.74) is 1.79. The number of rotatable bonds is 2. The Morgan fingerprint density at radius 2 is 2.33 bits per heavy atom. The van der Waals surface area contributed by atoms with E-state index in [9.17, 15) is 4.79 Å². The third-order valence-corrected chi connectivity index (χ3v) is 3.23. The van der Waals surface area contributed by atoms with Crippen LogP contribution in [0.2, 0.25) is 0 Å². The van der Waals surface area contributed by atoms with E-state index in [1.165, 1.54) is 5.69 Å². The van der Waals surface area contributed by atoms with Crippen LogP contribution in [-0.2, 0) is 13.0 Å². The molecular formula is C13H14N4O. The van der Waals surface area contributed by atoms with Crippen LogP contribution in [0.15, 0.2) is 37.1 Å². The molecule has 3 heterocycles. The van der Waals surface area contributed by atoms with Crippen LogP contribution in [0.25, 0.3) is 0 Å². The number of imidazole rings is 1. The van der Waals surface area contributed by atoms with E-state index < -0.39 is 0 Å². The fraction of sp³-hybridized carbons (Fsp3) is 0.308. The summed E-state index contributed by atoms with van der Waals surface area (Å²) in [6, 6.07) is 3.72. The first-order valence-electron chi connectivity index (χ1n) is 6.03. The number of nitrogens with one attached hydrogen (secondary N) is 1. The molecule has 1 N–H and O–H groups in total. The molecule has 0 bridgehead atoms. The third-order valence-electron chi connectivity index (χ3n) is 3.23. The molecule has 1 amide bonds. The van der Waals surface area contributed by atoms with E-state index in [4.69, 9.17) is 0 Å². The zero-order valence-corrected chi connectivity index (χ0v) is 9.91. The lowest BCUT2D eigenvalue weighted by Gasteiger charge is -2.24. The average molecular weight is 242 g/mol. The molecule has 1 aliphatic rings. The Labute approximate surface area is 105 Å². The van der Waals surface area contributed by atoms with E-state index in [-0.39, 0.29) is 11.9 Å². The van der Waals surface area contributed by atoms with E-state index in [2.05, 4.69) is 19.9 Å². The van der Waals surface area contributed by atoms with Gasteiger partial charge in [-0.15, -0.1) is 0 Å². The minimum Gasteiger partial charge on any atom is -0.349 e. The Kier molecular flexibility index (Phi) is 2.80. The van der Waals surface area contributed by atoms with Gasteiger partial charge in [0.15, 0.2) is 0 Å². The summed E-state index contributed by atoms with van der Waals surface area (Å²) < 4.78 is 2.13. The maximum Gasteiger partial charge on any atom is 0.253 e. The molecule has 0 radical (unpaired) electrons. The summed E-state index contributed by atoms with van der Waals surface area (Å²) in [5.74, 6) is -0.0546. The molecule has 5 nitrogen and oxygen atoms in total. The zero-order chi connectivity index (χ0) is 12.4. The van der Waals surface area contributed by atoms with E-state index in [0.717, 1.165) is 19.4 Å². The number of hydrogen-bond acceptors (Lipinski definition) is 3. The topological polar surface area (TPSA) is 59.8 Å². The van der Waals surface area contributed by atoms with E-state index in [1.807, 2.05) is 12.5 Å². The van der Waals surface area contributed by atoms with E-state index in [0.29, 0.717) is 5.56 Å². The molecule has 0 aromatic carbocycles. The SMILES string of the molecule is O=C(NC1CCn2cncc2C1)c1cccnc1. The Hall–Kier alpha value is -2.17. The molecular weight excluding hydrogens is 228 g/mol. The molecule has 0 saturated heterocycles. The number of carbonyl (C=O) groups is 1. The van der Waals surface area contributed by atoms with Gasteiger partial charge >= 0.3 is 0 Å². The number of nitrogens with zero attached hydrogens (tertiary/aromatic N) is 3. The van der Waals surface area contributed by atoms with Crippen molar-refractivity contribution in [1.82, 2.24) is 19.9 Å². The van der Waals surface area contributed by atoms with Crippen LogP contribution in [0, 0.1) is 0 Å². The Morgan fingerprint density at radius 3 is 3.17 bits per heavy atom. The maximum atomic E-state index is 12.0. The highest BCUT2D eigenvalue weighted by atomic mass is 16.1. The van der Waals surface area contributed by atoms with Gasteiger partial charge in [0, 0.05) is 43.3 Å². The molecule has 3 rings (SSSR count). The minimum absolute atomic E-state index is 0.0546. The second kappa shape index (κ2) is 4.60. The molecule has 2 aromatic rings. The molecule has 1 aliphatic heterocycles. The van der Waals surface area contributed by atoms with Crippen LogP contribution in [0.1, 0.15) is 22.5 Å². The number of carbonyl (C=O) groups excluding carboxylic acids is 1. The van der Waals surface area contributed by atoms with Gasteiger partial charge in [-0.1, -0.05) is 0 Å². The number of hydrogen-bond donors (Lipinski definition) is 1. The van der Waals surface area contributed by atoms with Crippen LogP contribution in [-0.4, -0.2) is 26.5 Å². The monoisotopic (exact) mass is 242 g/mol. The van der Waals surface area contributed by atoms with Crippen molar-refractivity contribution in [2.24, 2.45) is 0 Å².